The van der Waals surface area contributed by atoms with Gasteiger partial charge in [0.1, 0.15) is 6.54 Å². The summed E-state index contributed by atoms with van der Waals surface area (Å²) in [6, 6.07) is 18.1. The maximum absolute atomic E-state index is 13.1. The van der Waals surface area contributed by atoms with Gasteiger partial charge in [-0.15, -0.1) is 0 Å². The van der Waals surface area contributed by atoms with Crippen molar-refractivity contribution in [1.29, 1.82) is 0 Å². The first-order valence-corrected chi connectivity index (χ1v) is 11.4. The Morgan fingerprint density at radius 2 is 1.78 bits per heavy atom. The van der Waals surface area contributed by atoms with E-state index in [0.29, 0.717) is 10.6 Å². The first kappa shape index (κ1) is 22.4. The molecule has 1 amide bonds. The number of amides is 1. The molecule has 1 fully saturated rings. The van der Waals surface area contributed by atoms with Crippen LogP contribution in [0.2, 0.25) is 0 Å². The molecule has 168 valence electrons. The van der Waals surface area contributed by atoms with E-state index in [1.807, 2.05) is 49.4 Å². The Labute approximate surface area is 194 Å². The fourth-order valence-corrected chi connectivity index (χ4v) is 4.18. The molecule has 2 N–H and O–H groups in total. The van der Waals surface area contributed by atoms with Crippen LogP contribution in [-0.4, -0.2) is 70.2 Å². The number of aromatic amines is 1. The van der Waals surface area contributed by atoms with Crippen molar-refractivity contribution in [3.05, 3.63) is 70.5 Å². The van der Waals surface area contributed by atoms with Crippen molar-refractivity contribution < 1.29 is 4.79 Å². The van der Waals surface area contributed by atoms with E-state index in [0.717, 1.165) is 43.9 Å². The molecule has 3 aromatic rings. The van der Waals surface area contributed by atoms with Gasteiger partial charge in [0.05, 0.1) is 6.04 Å². The number of nitrogens with one attached hydrogen (secondary N) is 2. The van der Waals surface area contributed by atoms with Crippen molar-refractivity contribution in [3.63, 3.8) is 0 Å². The number of aryl methyl sites for hydroxylation is 1. The van der Waals surface area contributed by atoms with Crippen molar-refractivity contribution in [1.82, 2.24) is 29.9 Å². The summed E-state index contributed by atoms with van der Waals surface area (Å²) in [4.78, 5) is 17.9. The summed E-state index contributed by atoms with van der Waals surface area (Å²) >= 11 is 5.42. The van der Waals surface area contributed by atoms with E-state index >= 15 is 0 Å². The van der Waals surface area contributed by atoms with Gasteiger partial charge in [0.15, 0.2) is 10.6 Å². The van der Waals surface area contributed by atoms with Crippen LogP contribution < -0.4 is 5.32 Å². The normalized spacial score (nSPS) is 16.1. The number of aromatic nitrogens is 3. The number of nitrogens with zero attached hydrogens (tertiary/aromatic N) is 4. The Balaban J connectivity index is 1.50. The molecule has 1 aliphatic heterocycles. The Kier molecular flexibility index (Phi) is 7.14. The molecule has 1 atom stereocenters. The predicted molar refractivity (Wildman–Crippen MR) is 129 cm³/mol. The van der Waals surface area contributed by atoms with Crippen molar-refractivity contribution >= 4 is 18.1 Å². The van der Waals surface area contributed by atoms with Crippen molar-refractivity contribution in [2.75, 3.05) is 39.8 Å². The second-order valence-corrected chi connectivity index (χ2v) is 8.83. The summed E-state index contributed by atoms with van der Waals surface area (Å²) in [5.74, 6) is 0.583. The largest absolute Gasteiger partial charge is 0.346 e. The Morgan fingerprint density at radius 3 is 2.47 bits per heavy atom. The third kappa shape index (κ3) is 5.51. The van der Waals surface area contributed by atoms with E-state index in [9.17, 15) is 4.79 Å². The third-order valence-electron chi connectivity index (χ3n) is 5.94. The van der Waals surface area contributed by atoms with Gasteiger partial charge in [-0.1, -0.05) is 60.2 Å². The van der Waals surface area contributed by atoms with E-state index < -0.39 is 0 Å². The van der Waals surface area contributed by atoms with Gasteiger partial charge in [-0.3, -0.25) is 19.4 Å². The zero-order valence-corrected chi connectivity index (χ0v) is 19.4. The summed E-state index contributed by atoms with van der Waals surface area (Å²) in [6.45, 7) is 7.02. The molecule has 1 saturated heterocycles. The Hall–Kier alpha value is -2.81. The Morgan fingerprint density at radius 1 is 1.09 bits per heavy atom. The number of likely N-dealkylation sites (N-methyl/N-ethyl adjacent to an activating group) is 1. The van der Waals surface area contributed by atoms with E-state index in [2.05, 4.69) is 44.5 Å². The summed E-state index contributed by atoms with van der Waals surface area (Å²) in [5, 5.41) is 10.4. The molecule has 32 heavy (non-hydrogen) atoms. The third-order valence-corrected chi connectivity index (χ3v) is 6.26. The number of hydrogen-bond donors (Lipinski definition) is 2. The molecule has 1 aliphatic rings. The van der Waals surface area contributed by atoms with Gasteiger partial charge in [0.2, 0.25) is 5.91 Å². The molecule has 2 aromatic carbocycles. The molecule has 1 unspecified atom stereocenters. The zero-order valence-electron chi connectivity index (χ0n) is 18.6. The fourth-order valence-electron chi connectivity index (χ4n) is 3.98. The van der Waals surface area contributed by atoms with E-state index in [4.69, 9.17) is 12.2 Å². The molecule has 0 spiro atoms. The maximum atomic E-state index is 13.1. The van der Waals surface area contributed by atoms with Crippen LogP contribution in [0.4, 0.5) is 0 Å². The van der Waals surface area contributed by atoms with E-state index in [-0.39, 0.29) is 18.5 Å². The van der Waals surface area contributed by atoms with Crippen LogP contribution in [-0.2, 0) is 11.3 Å². The topological polar surface area (TPSA) is 69.2 Å². The molecule has 1 aromatic heterocycles. The van der Waals surface area contributed by atoms with Gasteiger partial charge < -0.3 is 10.2 Å². The van der Waals surface area contributed by atoms with Crippen molar-refractivity contribution in [2.24, 2.45) is 0 Å². The molecule has 4 rings (SSSR count). The average molecular weight is 451 g/mol. The molecule has 7 nitrogen and oxygen atoms in total. The molecule has 8 heteroatoms. The highest BCUT2D eigenvalue weighted by atomic mass is 32.1. The SMILES string of the molecule is Cc1ccc(-c2n[nH]c(=S)n2CC(=O)NC(CN2CCN(C)CC2)c2ccccc2)cc1. The van der Waals surface area contributed by atoms with Crippen molar-refractivity contribution in [3.8, 4) is 11.4 Å². The van der Waals surface area contributed by atoms with Gasteiger partial charge in [-0.05, 0) is 31.8 Å². The van der Waals surface area contributed by atoms with Crippen LogP contribution in [0.15, 0.2) is 54.6 Å². The van der Waals surface area contributed by atoms with Gasteiger partial charge in [0.25, 0.3) is 0 Å². The summed E-state index contributed by atoms with van der Waals surface area (Å²) in [7, 11) is 2.15. The lowest BCUT2D eigenvalue weighted by atomic mass is 10.1. The molecule has 0 bridgehead atoms. The molecule has 0 saturated carbocycles. The highest BCUT2D eigenvalue weighted by Crippen LogP contribution is 2.19. The highest BCUT2D eigenvalue weighted by Gasteiger charge is 2.22. The number of H-pyrrole nitrogens is 1. The Bertz CT molecular complexity index is 1080. The van der Waals surface area contributed by atoms with Crippen LogP contribution in [0.25, 0.3) is 11.4 Å². The smallest absolute Gasteiger partial charge is 0.240 e. The minimum Gasteiger partial charge on any atom is -0.346 e. The molecular weight excluding hydrogens is 420 g/mol. The summed E-state index contributed by atoms with van der Waals surface area (Å²) in [6.07, 6.45) is 0. The standard InChI is InChI=1S/C24H30N6OS/c1-18-8-10-20(11-9-18)23-26-27-24(32)30(23)17-22(31)25-21(19-6-4-3-5-7-19)16-29-14-12-28(2)13-15-29/h3-11,21H,12-17H2,1-2H3,(H,25,31)(H,27,32). The van der Waals surface area contributed by atoms with E-state index in [1.54, 1.807) is 4.57 Å². The summed E-state index contributed by atoms with van der Waals surface area (Å²) in [5.41, 5.74) is 3.20. The van der Waals surface area contributed by atoms with Gasteiger partial charge >= 0.3 is 0 Å². The molecule has 2 heterocycles. The average Bonchev–Trinajstić information content (AvgIpc) is 3.16. The quantitative estimate of drug-likeness (QED) is 0.542. The van der Waals surface area contributed by atoms with Gasteiger partial charge in [-0.25, -0.2) is 0 Å². The second kappa shape index (κ2) is 10.2. The highest BCUT2D eigenvalue weighted by molar-refractivity contribution is 7.71. The number of benzene rings is 2. The first-order chi connectivity index (χ1) is 15.5. The lowest BCUT2D eigenvalue weighted by Gasteiger charge is -2.35. The monoisotopic (exact) mass is 450 g/mol. The number of hydrogen-bond acceptors (Lipinski definition) is 5. The number of carbonyl (C=O) groups is 1. The van der Waals surface area contributed by atoms with Crippen LogP contribution >= 0.6 is 12.2 Å². The van der Waals surface area contributed by atoms with Crippen LogP contribution in [0.1, 0.15) is 17.2 Å². The second-order valence-electron chi connectivity index (χ2n) is 8.44. The number of piperazine rings is 1. The van der Waals surface area contributed by atoms with E-state index in [1.165, 1.54) is 5.56 Å². The number of carbonyl (C=O) groups excluding carboxylic acids is 1. The van der Waals surface area contributed by atoms with Crippen molar-refractivity contribution in [2.45, 2.75) is 19.5 Å². The molecular formula is C24H30N6OS. The van der Waals surface area contributed by atoms with Crippen LogP contribution in [0, 0.1) is 11.7 Å². The fraction of sp³-hybridized carbons (Fsp3) is 0.375. The lowest BCUT2D eigenvalue weighted by Crippen LogP contribution is -2.48. The predicted octanol–water partition coefficient (Wildman–Crippen LogP) is 3.02. The first-order valence-electron chi connectivity index (χ1n) is 11.0. The van der Waals surface area contributed by atoms with Gasteiger partial charge in [0, 0.05) is 38.3 Å². The number of rotatable bonds is 7. The minimum atomic E-state index is -0.0870. The van der Waals surface area contributed by atoms with Gasteiger partial charge in [-0.2, -0.15) is 5.10 Å². The molecule has 0 aliphatic carbocycles. The zero-order chi connectivity index (χ0) is 22.5. The lowest BCUT2D eigenvalue weighted by molar-refractivity contribution is -0.122. The molecule has 0 radical (unpaired) electrons. The maximum Gasteiger partial charge on any atom is 0.240 e. The summed E-state index contributed by atoms with van der Waals surface area (Å²) < 4.78 is 2.19. The van der Waals surface area contributed by atoms with Crippen LogP contribution in [0.5, 0.6) is 0 Å². The van der Waals surface area contributed by atoms with Crippen LogP contribution in [0.3, 0.4) is 0 Å². The minimum absolute atomic E-state index is 0.0844.